The number of anilines is 1. The molecule has 10 heteroatoms. The van der Waals surface area contributed by atoms with Crippen molar-refractivity contribution in [3.63, 3.8) is 0 Å². The molecule has 5 rings (SSSR count). The molecule has 0 bridgehead atoms. The zero-order valence-corrected chi connectivity index (χ0v) is 23.9. The van der Waals surface area contributed by atoms with Gasteiger partial charge in [0.1, 0.15) is 0 Å². The van der Waals surface area contributed by atoms with Crippen LogP contribution in [-0.4, -0.2) is 80.9 Å². The van der Waals surface area contributed by atoms with Crippen LogP contribution in [-0.2, 0) is 10.0 Å². The molecular weight excluding hydrogens is 518 g/mol. The van der Waals surface area contributed by atoms with Crippen molar-refractivity contribution < 1.29 is 13.2 Å². The molecule has 2 fully saturated rings. The number of fused-ring (bicyclic) bond motifs is 1. The lowest BCUT2D eigenvalue weighted by molar-refractivity contribution is 0.0947. The van der Waals surface area contributed by atoms with Gasteiger partial charge in [0.2, 0.25) is 10.0 Å². The Morgan fingerprint density at radius 2 is 1.63 bits per heavy atom. The molecule has 204 valence electrons. The average Bonchev–Trinajstić information content (AvgIpc) is 3.14. The molecule has 0 atom stereocenters. The Morgan fingerprint density at radius 1 is 0.947 bits per heavy atom. The maximum atomic E-state index is 13.0. The van der Waals surface area contributed by atoms with Gasteiger partial charge in [0.05, 0.1) is 15.1 Å². The second-order valence-electron chi connectivity index (χ2n) is 10.4. The van der Waals surface area contributed by atoms with E-state index in [1.54, 1.807) is 39.9 Å². The fourth-order valence-electron chi connectivity index (χ4n) is 5.30. The molecule has 2 aromatic carbocycles. The van der Waals surface area contributed by atoms with E-state index in [1.165, 1.54) is 15.8 Å². The van der Waals surface area contributed by atoms with Crippen molar-refractivity contribution in [1.29, 1.82) is 0 Å². The van der Waals surface area contributed by atoms with Crippen LogP contribution in [0.15, 0.2) is 41.3 Å². The Labute approximate surface area is 229 Å². The summed E-state index contributed by atoms with van der Waals surface area (Å²) in [5.74, 6) is -0.178. The highest BCUT2D eigenvalue weighted by Crippen LogP contribution is 2.32. The van der Waals surface area contributed by atoms with Crippen LogP contribution >= 0.6 is 11.3 Å². The summed E-state index contributed by atoms with van der Waals surface area (Å²) in [5.41, 5.74) is 4.09. The molecule has 3 aromatic rings. The predicted octanol–water partition coefficient (Wildman–Crippen LogP) is 4.03. The lowest BCUT2D eigenvalue weighted by Crippen LogP contribution is -2.48. The Hall–Kier alpha value is -2.53. The molecule has 0 aliphatic carbocycles. The van der Waals surface area contributed by atoms with Crippen molar-refractivity contribution in [2.24, 2.45) is 0 Å². The van der Waals surface area contributed by atoms with Gasteiger partial charge in [0.15, 0.2) is 5.13 Å². The third-order valence-corrected chi connectivity index (χ3v) is 10.7. The summed E-state index contributed by atoms with van der Waals surface area (Å²) in [4.78, 5) is 22.5. The van der Waals surface area contributed by atoms with Gasteiger partial charge in [0, 0.05) is 57.9 Å². The van der Waals surface area contributed by atoms with Gasteiger partial charge in [-0.2, -0.15) is 4.31 Å². The average molecular weight is 556 g/mol. The quantitative estimate of drug-likeness (QED) is 0.474. The SMILES string of the molecule is Cc1cc(C)c2sc(N3CCN(CCNC(=O)c4ccc(S(=O)(=O)N5CCCCCC5)cc4)CC3)nc2c1. The first-order chi connectivity index (χ1) is 18.3. The van der Waals surface area contributed by atoms with E-state index in [2.05, 4.69) is 41.1 Å². The molecule has 2 aliphatic rings. The number of amides is 1. The van der Waals surface area contributed by atoms with Crippen LogP contribution in [0.4, 0.5) is 5.13 Å². The lowest BCUT2D eigenvalue weighted by Gasteiger charge is -2.34. The third kappa shape index (κ3) is 6.03. The van der Waals surface area contributed by atoms with E-state index >= 15 is 0 Å². The van der Waals surface area contributed by atoms with E-state index in [0.717, 1.165) is 69.1 Å². The van der Waals surface area contributed by atoms with E-state index in [1.807, 2.05) is 0 Å². The number of thiazole rings is 1. The van der Waals surface area contributed by atoms with Crippen LogP contribution in [0.1, 0.15) is 47.2 Å². The van der Waals surface area contributed by atoms with Gasteiger partial charge in [-0.15, -0.1) is 0 Å². The number of benzene rings is 2. The van der Waals surface area contributed by atoms with Gasteiger partial charge in [-0.05, 0) is 68.1 Å². The second-order valence-corrected chi connectivity index (χ2v) is 13.3. The van der Waals surface area contributed by atoms with Crippen molar-refractivity contribution in [3.8, 4) is 0 Å². The molecule has 0 unspecified atom stereocenters. The van der Waals surface area contributed by atoms with Crippen LogP contribution in [0.2, 0.25) is 0 Å². The summed E-state index contributed by atoms with van der Waals surface area (Å²) >= 11 is 1.77. The number of hydrogen-bond donors (Lipinski definition) is 1. The molecule has 2 aliphatic heterocycles. The molecule has 2 saturated heterocycles. The van der Waals surface area contributed by atoms with Crippen molar-refractivity contribution in [2.75, 3.05) is 57.3 Å². The van der Waals surface area contributed by atoms with Gasteiger partial charge in [0.25, 0.3) is 5.91 Å². The minimum atomic E-state index is -3.51. The lowest BCUT2D eigenvalue weighted by atomic mass is 10.1. The third-order valence-electron chi connectivity index (χ3n) is 7.48. The van der Waals surface area contributed by atoms with Gasteiger partial charge in [-0.3, -0.25) is 9.69 Å². The number of piperazine rings is 1. The number of rotatable bonds is 7. The largest absolute Gasteiger partial charge is 0.351 e. The fraction of sp³-hybridized carbons (Fsp3) is 0.500. The number of sulfonamides is 1. The number of hydrogen-bond acceptors (Lipinski definition) is 7. The molecule has 0 saturated carbocycles. The zero-order valence-electron chi connectivity index (χ0n) is 22.3. The van der Waals surface area contributed by atoms with E-state index in [0.29, 0.717) is 25.2 Å². The van der Waals surface area contributed by atoms with E-state index in [4.69, 9.17) is 4.98 Å². The molecule has 1 amide bonds. The van der Waals surface area contributed by atoms with Crippen molar-refractivity contribution in [1.82, 2.24) is 19.5 Å². The first-order valence-corrected chi connectivity index (χ1v) is 15.8. The summed E-state index contributed by atoms with van der Waals surface area (Å²) in [7, 11) is -3.51. The minimum Gasteiger partial charge on any atom is -0.351 e. The van der Waals surface area contributed by atoms with Crippen molar-refractivity contribution >= 4 is 42.6 Å². The number of aromatic nitrogens is 1. The van der Waals surface area contributed by atoms with Crippen molar-refractivity contribution in [3.05, 3.63) is 53.1 Å². The molecule has 3 heterocycles. The molecule has 8 nitrogen and oxygen atoms in total. The van der Waals surface area contributed by atoms with Crippen LogP contribution in [0.3, 0.4) is 0 Å². The molecular formula is C28H37N5O3S2. The standard InChI is InChI=1S/C28H37N5O3S2/c1-21-19-22(2)26-25(20-21)30-28(37-26)32-17-15-31(16-18-32)14-11-29-27(34)23-7-9-24(10-8-23)38(35,36)33-12-5-3-4-6-13-33/h7-10,19-20H,3-6,11-18H2,1-2H3,(H,29,34). The highest BCUT2D eigenvalue weighted by molar-refractivity contribution is 7.89. The number of aryl methyl sites for hydroxylation is 2. The maximum Gasteiger partial charge on any atom is 0.251 e. The second kappa shape index (κ2) is 11.7. The van der Waals surface area contributed by atoms with Gasteiger partial charge in [-0.25, -0.2) is 13.4 Å². The fourth-order valence-corrected chi connectivity index (χ4v) is 7.89. The molecule has 0 spiro atoms. The van der Waals surface area contributed by atoms with E-state index < -0.39 is 10.0 Å². The van der Waals surface area contributed by atoms with Gasteiger partial charge >= 0.3 is 0 Å². The van der Waals surface area contributed by atoms with Crippen LogP contribution < -0.4 is 10.2 Å². The topological polar surface area (TPSA) is 85.8 Å². The van der Waals surface area contributed by atoms with Gasteiger partial charge in [-0.1, -0.05) is 30.2 Å². The van der Waals surface area contributed by atoms with Crippen LogP contribution in [0.25, 0.3) is 10.2 Å². The first-order valence-electron chi connectivity index (χ1n) is 13.5. The molecule has 1 aromatic heterocycles. The normalized spacial score (nSPS) is 18.0. The van der Waals surface area contributed by atoms with E-state index in [9.17, 15) is 13.2 Å². The monoisotopic (exact) mass is 555 g/mol. The Kier molecular flexibility index (Phi) is 8.32. The smallest absolute Gasteiger partial charge is 0.251 e. The van der Waals surface area contributed by atoms with E-state index in [-0.39, 0.29) is 10.8 Å². The highest BCUT2D eigenvalue weighted by atomic mass is 32.2. The summed E-state index contributed by atoms with van der Waals surface area (Å²) in [6, 6.07) is 10.7. The highest BCUT2D eigenvalue weighted by Gasteiger charge is 2.25. The molecule has 38 heavy (non-hydrogen) atoms. The summed E-state index contributed by atoms with van der Waals surface area (Å²) in [5, 5.41) is 4.07. The number of carbonyl (C=O) groups is 1. The Balaban J connectivity index is 1.09. The molecule has 1 N–H and O–H groups in total. The van der Waals surface area contributed by atoms with Crippen LogP contribution in [0, 0.1) is 13.8 Å². The molecule has 0 radical (unpaired) electrons. The predicted molar refractivity (Wildman–Crippen MR) is 154 cm³/mol. The Morgan fingerprint density at radius 3 is 2.32 bits per heavy atom. The zero-order chi connectivity index (χ0) is 26.7. The number of nitrogens with zero attached hydrogens (tertiary/aromatic N) is 4. The van der Waals surface area contributed by atoms with Crippen LogP contribution in [0.5, 0.6) is 0 Å². The number of nitrogens with one attached hydrogen (secondary N) is 1. The summed E-state index contributed by atoms with van der Waals surface area (Å²) in [6.45, 7) is 10.4. The maximum absolute atomic E-state index is 13.0. The van der Waals surface area contributed by atoms with Gasteiger partial charge < -0.3 is 10.2 Å². The number of carbonyl (C=O) groups excluding carboxylic acids is 1. The first kappa shape index (κ1) is 27.1. The summed E-state index contributed by atoms with van der Waals surface area (Å²) < 4.78 is 28.8. The summed E-state index contributed by atoms with van der Waals surface area (Å²) in [6.07, 6.45) is 3.94. The van der Waals surface area contributed by atoms with Crippen molar-refractivity contribution in [2.45, 2.75) is 44.4 Å². The Bertz CT molecular complexity index is 1370. The minimum absolute atomic E-state index is 0.178.